The maximum atomic E-state index is 13.6. The summed E-state index contributed by atoms with van der Waals surface area (Å²) in [5.74, 6) is -1.27. The van der Waals surface area contributed by atoms with Crippen LogP contribution in [0.3, 0.4) is 0 Å². The number of phenols is 1. The molecular weight excluding hydrogens is 518 g/mol. The second-order valence-corrected chi connectivity index (χ2v) is 8.36. The predicted molar refractivity (Wildman–Crippen MR) is 133 cm³/mol. The number of hydrogen-bond acceptors (Lipinski definition) is 5. The van der Waals surface area contributed by atoms with Crippen molar-refractivity contribution in [2.45, 2.75) is 12.8 Å². The van der Waals surface area contributed by atoms with Crippen LogP contribution in [0, 0.1) is 0 Å². The van der Waals surface area contributed by atoms with Crippen LogP contribution in [0.15, 0.2) is 71.4 Å². The van der Waals surface area contributed by atoms with E-state index in [-0.39, 0.29) is 40.5 Å². The van der Waals surface area contributed by atoms with Crippen LogP contribution in [0.25, 0.3) is 11.1 Å². The number of phenolic OH excluding ortho intramolecular Hbond substituents is 1. The second-order valence-electron chi connectivity index (χ2n) is 7.52. The van der Waals surface area contributed by atoms with E-state index >= 15 is 0 Å². The van der Waals surface area contributed by atoms with E-state index in [1.807, 2.05) is 0 Å². The summed E-state index contributed by atoms with van der Waals surface area (Å²) in [5, 5.41) is 11.2. The summed E-state index contributed by atoms with van der Waals surface area (Å²) >= 11 is 11.7. The number of alkyl halides is 3. The molecule has 0 aromatic heterocycles. The van der Waals surface area contributed by atoms with Crippen molar-refractivity contribution in [3.63, 3.8) is 0 Å². The largest absolute Gasteiger partial charge is 0.506 e. The number of nitrogens with zero attached hydrogens (tertiary/aromatic N) is 1. The number of aliphatic imine (C=N–C) groups is 1. The molecule has 3 aromatic rings. The van der Waals surface area contributed by atoms with Gasteiger partial charge in [-0.05, 0) is 53.6 Å². The first-order valence-corrected chi connectivity index (χ1v) is 11.0. The van der Waals surface area contributed by atoms with E-state index in [2.05, 4.69) is 4.99 Å². The molecule has 0 radical (unpaired) electrons. The number of hydrogen-bond donors (Lipinski definition) is 3. The number of amides is 1. The van der Waals surface area contributed by atoms with Gasteiger partial charge >= 0.3 is 6.18 Å². The van der Waals surface area contributed by atoms with Gasteiger partial charge in [0.2, 0.25) is 0 Å². The van der Waals surface area contributed by atoms with Gasteiger partial charge in [0.25, 0.3) is 5.91 Å². The van der Waals surface area contributed by atoms with Crippen molar-refractivity contribution in [2.24, 2.45) is 16.5 Å². The van der Waals surface area contributed by atoms with Gasteiger partial charge in [0.1, 0.15) is 18.1 Å². The Morgan fingerprint density at radius 2 is 1.75 bits per heavy atom. The maximum Gasteiger partial charge on any atom is 0.417 e. The summed E-state index contributed by atoms with van der Waals surface area (Å²) in [6, 6.07) is 12.9. The van der Waals surface area contributed by atoms with Gasteiger partial charge in [0, 0.05) is 17.6 Å². The van der Waals surface area contributed by atoms with Crippen molar-refractivity contribution >= 4 is 34.8 Å². The molecule has 0 fully saturated rings. The highest BCUT2D eigenvalue weighted by atomic mass is 35.5. The minimum Gasteiger partial charge on any atom is -0.506 e. The minimum atomic E-state index is -4.74. The molecule has 3 rings (SSSR count). The summed E-state index contributed by atoms with van der Waals surface area (Å²) in [6.07, 6.45) is -3.59. The zero-order chi connectivity index (χ0) is 26.6. The summed E-state index contributed by atoms with van der Waals surface area (Å²) in [4.78, 5) is 15.4. The predicted octanol–water partition coefficient (Wildman–Crippen LogP) is 5.71. The zero-order valence-corrected chi connectivity index (χ0v) is 20.2. The van der Waals surface area contributed by atoms with Gasteiger partial charge in [0.15, 0.2) is 0 Å². The van der Waals surface area contributed by atoms with Crippen molar-refractivity contribution in [1.82, 2.24) is 0 Å². The molecule has 3 aromatic carbocycles. The number of rotatable bonds is 7. The molecule has 0 aliphatic heterocycles. The third-order valence-electron chi connectivity index (χ3n) is 5.10. The summed E-state index contributed by atoms with van der Waals surface area (Å²) < 4.78 is 46.5. The van der Waals surface area contributed by atoms with E-state index in [0.29, 0.717) is 5.02 Å². The first-order valence-electron chi connectivity index (χ1n) is 10.3. The number of ether oxygens (including phenoxy) is 1. The lowest BCUT2D eigenvalue weighted by Crippen LogP contribution is -2.21. The van der Waals surface area contributed by atoms with E-state index in [1.165, 1.54) is 25.2 Å². The molecule has 1 amide bonds. The maximum absolute atomic E-state index is 13.6. The van der Waals surface area contributed by atoms with Crippen LogP contribution < -0.4 is 16.2 Å². The molecule has 0 saturated carbocycles. The summed E-state index contributed by atoms with van der Waals surface area (Å²) in [5.41, 5.74) is 10.2. The van der Waals surface area contributed by atoms with Gasteiger partial charge in [-0.3, -0.25) is 9.79 Å². The lowest BCUT2D eigenvalue weighted by Gasteiger charge is -2.18. The third-order valence-corrected chi connectivity index (χ3v) is 5.68. The van der Waals surface area contributed by atoms with Crippen molar-refractivity contribution < 1.29 is 27.8 Å². The number of carbonyl (C=O) groups is 1. The van der Waals surface area contributed by atoms with Crippen molar-refractivity contribution in [2.75, 3.05) is 7.05 Å². The van der Waals surface area contributed by atoms with Crippen LogP contribution in [0.5, 0.6) is 11.5 Å². The average molecular weight is 538 g/mol. The highest BCUT2D eigenvalue weighted by Crippen LogP contribution is 2.44. The summed E-state index contributed by atoms with van der Waals surface area (Å²) in [6.45, 7) is 0.0337. The smallest absolute Gasteiger partial charge is 0.417 e. The Hall–Kier alpha value is -3.69. The molecule has 36 heavy (non-hydrogen) atoms. The number of halogens is 5. The fourth-order valence-corrected chi connectivity index (χ4v) is 3.65. The quantitative estimate of drug-likeness (QED) is 0.264. The van der Waals surface area contributed by atoms with Crippen molar-refractivity contribution in [1.29, 1.82) is 0 Å². The van der Waals surface area contributed by atoms with E-state index < -0.39 is 28.4 Å². The Labute approximate surface area is 214 Å². The average Bonchev–Trinajstić information content (AvgIpc) is 2.82. The Balaban J connectivity index is 2.19. The van der Waals surface area contributed by atoms with E-state index in [9.17, 15) is 23.1 Å². The standard InChI is InChI=1S/C25H20Cl2F3N3O3/c1-33-20(11-19(31)24(32)35)16-7-9-21(36-12-13-2-5-15(26)6-3-13)22(23(16)34)14-4-8-18(27)17(10-14)25(28,29)30/h2-11,34H,12,31H2,1H3,(H2,32,35)/b19-11-,33-20?. The Morgan fingerprint density at radius 3 is 2.33 bits per heavy atom. The SMILES string of the molecule is CN=C(/C=C(\N)C(N)=O)c1ccc(OCc2ccc(Cl)cc2)c(-c2ccc(Cl)c(C(F)(F)F)c2)c1O. The molecule has 6 nitrogen and oxygen atoms in total. The molecule has 11 heteroatoms. The van der Waals surface area contributed by atoms with Crippen LogP contribution in [-0.4, -0.2) is 23.8 Å². The molecule has 0 bridgehead atoms. The second kappa shape index (κ2) is 10.9. The topological polar surface area (TPSA) is 111 Å². The fourth-order valence-electron chi connectivity index (χ4n) is 3.30. The summed E-state index contributed by atoms with van der Waals surface area (Å²) in [7, 11) is 1.38. The number of aromatic hydroxyl groups is 1. The number of benzene rings is 3. The minimum absolute atomic E-state index is 0.0144. The van der Waals surface area contributed by atoms with Crippen molar-refractivity contribution in [3.05, 3.63) is 93.1 Å². The molecule has 0 saturated heterocycles. The lowest BCUT2D eigenvalue weighted by atomic mass is 9.96. The Kier molecular flexibility index (Phi) is 8.17. The van der Waals surface area contributed by atoms with Gasteiger partial charge in [-0.25, -0.2) is 0 Å². The van der Waals surface area contributed by atoms with Gasteiger partial charge < -0.3 is 21.3 Å². The third kappa shape index (κ3) is 6.10. The number of allylic oxidation sites excluding steroid dienone is 1. The molecule has 0 aliphatic carbocycles. The number of nitrogens with two attached hydrogens (primary N) is 2. The number of primary amides is 1. The molecule has 5 N–H and O–H groups in total. The van der Waals surface area contributed by atoms with Crippen LogP contribution in [0.1, 0.15) is 16.7 Å². The number of carbonyl (C=O) groups excluding carboxylic acids is 1. The molecule has 188 valence electrons. The Bertz CT molecular complexity index is 1360. The molecule has 0 heterocycles. The zero-order valence-electron chi connectivity index (χ0n) is 18.7. The van der Waals surface area contributed by atoms with Gasteiger partial charge in [-0.2, -0.15) is 13.2 Å². The molecule has 0 aliphatic rings. The van der Waals surface area contributed by atoms with Crippen LogP contribution in [-0.2, 0) is 17.6 Å². The molecule has 0 spiro atoms. The van der Waals surface area contributed by atoms with Crippen LogP contribution in [0.4, 0.5) is 13.2 Å². The molecular formula is C25H20Cl2F3N3O3. The van der Waals surface area contributed by atoms with Gasteiger partial charge in [-0.1, -0.05) is 41.4 Å². The molecule has 0 atom stereocenters. The fraction of sp³-hybridized carbons (Fsp3) is 0.120. The van der Waals surface area contributed by atoms with E-state index in [1.54, 1.807) is 24.3 Å². The van der Waals surface area contributed by atoms with Gasteiger partial charge in [-0.15, -0.1) is 0 Å². The first-order chi connectivity index (χ1) is 16.9. The monoisotopic (exact) mass is 537 g/mol. The van der Waals surface area contributed by atoms with Gasteiger partial charge in [0.05, 0.1) is 27.6 Å². The van der Waals surface area contributed by atoms with Crippen LogP contribution in [0.2, 0.25) is 10.0 Å². The van der Waals surface area contributed by atoms with Crippen molar-refractivity contribution in [3.8, 4) is 22.6 Å². The van der Waals surface area contributed by atoms with Crippen LogP contribution >= 0.6 is 23.2 Å². The first kappa shape index (κ1) is 26.9. The Morgan fingerprint density at radius 1 is 1.08 bits per heavy atom. The lowest BCUT2D eigenvalue weighted by molar-refractivity contribution is -0.137. The highest BCUT2D eigenvalue weighted by molar-refractivity contribution is 6.31. The normalized spacial score (nSPS) is 12.5. The van der Waals surface area contributed by atoms with E-state index in [4.69, 9.17) is 39.4 Å². The highest BCUT2D eigenvalue weighted by Gasteiger charge is 2.34. The molecule has 0 unspecified atom stereocenters. The van der Waals surface area contributed by atoms with E-state index in [0.717, 1.165) is 23.8 Å².